The number of carbonyl (C=O) groups is 1. The quantitative estimate of drug-likeness (QED) is 0.606. The van der Waals surface area contributed by atoms with Crippen LogP contribution in [0.25, 0.3) is 0 Å². The third-order valence-electron chi connectivity index (χ3n) is 1.93. The van der Waals surface area contributed by atoms with E-state index >= 15 is 0 Å². The summed E-state index contributed by atoms with van der Waals surface area (Å²) in [6.45, 7) is 0. The van der Waals surface area contributed by atoms with Gasteiger partial charge in [-0.1, -0.05) is 17.7 Å². The van der Waals surface area contributed by atoms with E-state index in [1.165, 1.54) is 18.2 Å². The van der Waals surface area contributed by atoms with E-state index < -0.39 is 18.1 Å². The van der Waals surface area contributed by atoms with Crippen LogP contribution in [0.3, 0.4) is 0 Å². The number of carboxylic acids is 1. The highest BCUT2D eigenvalue weighted by Crippen LogP contribution is 2.27. The van der Waals surface area contributed by atoms with Crippen LogP contribution >= 0.6 is 11.6 Å². The van der Waals surface area contributed by atoms with E-state index in [-0.39, 0.29) is 16.3 Å². The molecule has 0 heterocycles. The molecule has 6 heteroatoms. The molecule has 2 unspecified atom stereocenters. The van der Waals surface area contributed by atoms with Crippen LogP contribution in [0, 0.1) is 0 Å². The summed E-state index contributed by atoms with van der Waals surface area (Å²) in [4.78, 5) is 10.5. The van der Waals surface area contributed by atoms with Crippen LogP contribution in [-0.2, 0) is 4.79 Å². The second kappa shape index (κ2) is 4.48. The van der Waals surface area contributed by atoms with Gasteiger partial charge in [-0.25, -0.2) is 0 Å². The van der Waals surface area contributed by atoms with Crippen molar-refractivity contribution in [2.24, 2.45) is 5.73 Å². The highest BCUT2D eigenvalue weighted by Gasteiger charge is 2.25. The summed E-state index contributed by atoms with van der Waals surface area (Å²) < 4.78 is 0. The van der Waals surface area contributed by atoms with Crippen molar-refractivity contribution in [1.29, 1.82) is 0 Å². The number of phenols is 1. The zero-order valence-corrected chi connectivity index (χ0v) is 8.35. The van der Waals surface area contributed by atoms with Crippen LogP contribution in [0.4, 0.5) is 0 Å². The lowest BCUT2D eigenvalue weighted by Crippen LogP contribution is -2.36. The van der Waals surface area contributed by atoms with Gasteiger partial charge in [0, 0.05) is 5.56 Å². The van der Waals surface area contributed by atoms with Crippen molar-refractivity contribution in [3.8, 4) is 5.75 Å². The van der Waals surface area contributed by atoms with Crippen molar-refractivity contribution in [3.05, 3.63) is 28.8 Å². The predicted molar refractivity (Wildman–Crippen MR) is 53.7 cm³/mol. The lowest BCUT2D eigenvalue weighted by Gasteiger charge is -2.16. The van der Waals surface area contributed by atoms with Crippen LogP contribution in [-0.4, -0.2) is 27.3 Å². The van der Waals surface area contributed by atoms with Crippen molar-refractivity contribution in [2.75, 3.05) is 0 Å². The fourth-order valence-electron chi connectivity index (χ4n) is 1.08. The number of phenolic OH excluding ortho intramolecular Hbond substituents is 1. The van der Waals surface area contributed by atoms with Gasteiger partial charge in [0.15, 0.2) is 0 Å². The van der Waals surface area contributed by atoms with Crippen LogP contribution in [0.5, 0.6) is 5.75 Å². The van der Waals surface area contributed by atoms with Crippen LogP contribution in [0.15, 0.2) is 18.2 Å². The Morgan fingerprint density at radius 3 is 2.53 bits per heavy atom. The summed E-state index contributed by atoms with van der Waals surface area (Å²) >= 11 is 5.70. The first-order valence-corrected chi connectivity index (χ1v) is 4.46. The molecular weight excluding hydrogens is 222 g/mol. The molecule has 0 aliphatic heterocycles. The number of benzene rings is 1. The Morgan fingerprint density at radius 2 is 2.07 bits per heavy atom. The van der Waals surface area contributed by atoms with E-state index in [1.54, 1.807) is 0 Å². The number of hydrogen-bond donors (Lipinski definition) is 4. The van der Waals surface area contributed by atoms with Gasteiger partial charge in [0.05, 0.1) is 5.02 Å². The largest absolute Gasteiger partial charge is 0.508 e. The third kappa shape index (κ3) is 2.59. The molecule has 1 rings (SSSR count). The highest BCUT2D eigenvalue weighted by atomic mass is 35.5. The summed E-state index contributed by atoms with van der Waals surface area (Å²) in [6.07, 6.45) is -1.41. The smallest absolute Gasteiger partial charge is 0.323 e. The lowest BCUT2D eigenvalue weighted by atomic mass is 10.0. The summed E-state index contributed by atoms with van der Waals surface area (Å²) in [7, 11) is 0. The van der Waals surface area contributed by atoms with E-state index in [0.717, 1.165) is 0 Å². The van der Waals surface area contributed by atoms with Gasteiger partial charge in [-0.15, -0.1) is 0 Å². The molecule has 1 aromatic carbocycles. The maximum Gasteiger partial charge on any atom is 0.323 e. The first kappa shape index (κ1) is 11.8. The second-order valence-corrected chi connectivity index (χ2v) is 3.42. The molecule has 0 aliphatic carbocycles. The standard InChI is InChI=1S/C9H10ClNO4/c10-6-3-4(12)1-2-5(6)8(13)7(11)9(14)15/h1-3,7-8,12-13H,11H2,(H,14,15). The third-order valence-corrected chi connectivity index (χ3v) is 2.26. The van der Waals surface area contributed by atoms with Crippen molar-refractivity contribution < 1.29 is 20.1 Å². The van der Waals surface area contributed by atoms with Crippen molar-refractivity contribution in [1.82, 2.24) is 0 Å². The molecule has 0 spiro atoms. The molecule has 0 fully saturated rings. The van der Waals surface area contributed by atoms with Gasteiger partial charge in [-0.05, 0) is 12.1 Å². The number of aromatic hydroxyl groups is 1. The molecular formula is C9H10ClNO4. The van der Waals surface area contributed by atoms with Crippen LogP contribution in [0.2, 0.25) is 5.02 Å². The minimum Gasteiger partial charge on any atom is -0.508 e. The van der Waals surface area contributed by atoms with E-state index in [4.69, 9.17) is 27.5 Å². The molecule has 82 valence electrons. The highest BCUT2D eigenvalue weighted by molar-refractivity contribution is 6.31. The molecule has 2 atom stereocenters. The number of nitrogens with two attached hydrogens (primary N) is 1. The Morgan fingerprint density at radius 1 is 1.47 bits per heavy atom. The van der Waals surface area contributed by atoms with Crippen LogP contribution in [0.1, 0.15) is 11.7 Å². The van der Waals surface area contributed by atoms with Gasteiger partial charge in [-0.3, -0.25) is 4.79 Å². The first-order chi connectivity index (χ1) is 6.93. The van der Waals surface area contributed by atoms with Crippen molar-refractivity contribution >= 4 is 17.6 Å². The molecule has 0 saturated carbocycles. The number of aliphatic hydroxyl groups excluding tert-OH is 1. The van der Waals surface area contributed by atoms with E-state index in [0.29, 0.717) is 0 Å². The molecule has 0 saturated heterocycles. The second-order valence-electron chi connectivity index (χ2n) is 3.01. The number of carboxylic acid groups (broad SMARTS) is 1. The number of halogens is 1. The first-order valence-electron chi connectivity index (χ1n) is 4.08. The zero-order valence-electron chi connectivity index (χ0n) is 7.59. The van der Waals surface area contributed by atoms with E-state index in [9.17, 15) is 9.90 Å². The van der Waals surface area contributed by atoms with Crippen LogP contribution < -0.4 is 5.73 Å². The predicted octanol–water partition coefficient (Wildman–Crippen LogP) is 0.491. The number of rotatable bonds is 3. The summed E-state index contributed by atoms with van der Waals surface area (Å²) in [6, 6.07) is 2.37. The van der Waals surface area contributed by atoms with Gasteiger partial charge >= 0.3 is 5.97 Å². The molecule has 15 heavy (non-hydrogen) atoms. The monoisotopic (exact) mass is 231 g/mol. The van der Waals surface area contributed by atoms with E-state index in [2.05, 4.69) is 0 Å². The van der Waals surface area contributed by atoms with Crippen molar-refractivity contribution in [2.45, 2.75) is 12.1 Å². The minimum absolute atomic E-state index is 0.0687. The minimum atomic E-state index is -1.45. The average molecular weight is 232 g/mol. The molecule has 5 nitrogen and oxygen atoms in total. The van der Waals surface area contributed by atoms with Gasteiger partial charge in [0.1, 0.15) is 17.9 Å². The van der Waals surface area contributed by atoms with Crippen molar-refractivity contribution in [3.63, 3.8) is 0 Å². The van der Waals surface area contributed by atoms with Gasteiger partial charge in [-0.2, -0.15) is 0 Å². The maximum absolute atomic E-state index is 10.5. The summed E-state index contributed by atoms with van der Waals surface area (Å²) in [5, 5.41) is 27.3. The topological polar surface area (TPSA) is 104 Å². The fraction of sp³-hybridized carbons (Fsp3) is 0.222. The molecule has 1 aromatic rings. The Balaban J connectivity index is 3.01. The zero-order chi connectivity index (χ0) is 11.6. The molecule has 5 N–H and O–H groups in total. The molecule has 0 aromatic heterocycles. The SMILES string of the molecule is NC(C(=O)O)C(O)c1ccc(O)cc1Cl. The Labute approximate surface area is 90.7 Å². The molecule has 0 radical (unpaired) electrons. The van der Waals surface area contributed by atoms with Gasteiger partial charge in [0.25, 0.3) is 0 Å². The Bertz CT molecular complexity index is 382. The number of aliphatic hydroxyl groups is 1. The fourth-order valence-corrected chi connectivity index (χ4v) is 1.37. The van der Waals surface area contributed by atoms with Gasteiger partial charge < -0.3 is 21.1 Å². The molecule has 0 aliphatic rings. The van der Waals surface area contributed by atoms with E-state index in [1.807, 2.05) is 0 Å². The molecule has 0 amide bonds. The summed E-state index contributed by atoms with van der Waals surface area (Å²) in [5.41, 5.74) is 5.40. The lowest BCUT2D eigenvalue weighted by molar-refractivity contribution is -0.141. The maximum atomic E-state index is 10.5. The number of aliphatic carboxylic acids is 1. The normalized spacial score (nSPS) is 14.6. The average Bonchev–Trinajstić information content (AvgIpc) is 2.15. The molecule has 0 bridgehead atoms. The Kier molecular flexibility index (Phi) is 3.52. The van der Waals surface area contributed by atoms with Gasteiger partial charge in [0.2, 0.25) is 0 Å². The summed E-state index contributed by atoms with van der Waals surface area (Å²) in [5.74, 6) is -1.40. The Hall–Kier alpha value is -1.30. The number of hydrogen-bond acceptors (Lipinski definition) is 4.